The van der Waals surface area contributed by atoms with E-state index in [1.54, 1.807) is 16.8 Å². The second-order valence-corrected chi connectivity index (χ2v) is 5.15. The zero-order valence-corrected chi connectivity index (χ0v) is 11.5. The van der Waals surface area contributed by atoms with E-state index in [0.29, 0.717) is 5.82 Å². The van der Waals surface area contributed by atoms with Gasteiger partial charge >= 0.3 is 0 Å². The first-order valence-electron chi connectivity index (χ1n) is 6.83. The van der Waals surface area contributed by atoms with Crippen molar-refractivity contribution < 1.29 is 4.39 Å². The van der Waals surface area contributed by atoms with Crippen LogP contribution < -0.4 is 10.2 Å². The fourth-order valence-corrected chi connectivity index (χ4v) is 2.60. The van der Waals surface area contributed by atoms with E-state index >= 15 is 0 Å². The van der Waals surface area contributed by atoms with Crippen molar-refractivity contribution in [2.45, 2.75) is 18.9 Å². The molecular formula is C14H18FN5. The molecule has 0 aliphatic carbocycles. The van der Waals surface area contributed by atoms with Crippen LogP contribution in [0.2, 0.25) is 0 Å². The van der Waals surface area contributed by atoms with Crippen LogP contribution in [0.15, 0.2) is 30.6 Å². The van der Waals surface area contributed by atoms with Gasteiger partial charge in [0.15, 0.2) is 0 Å². The minimum absolute atomic E-state index is 0.276. The van der Waals surface area contributed by atoms with Gasteiger partial charge in [-0.3, -0.25) is 4.68 Å². The molecule has 6 heteroatoms. The van der Waals surface area contributed by atoms with E-state index in [2.05, 4.69) is 20.3 Å². The number of anilines is 2. The third-order valence-corrected chi connectivity index (χ3v) is 3.54. The molecule has 1 atom stereocenters. The van der Waals surface area contributed by atoms with Crippen molar-refractivity contribution >= 4 is 11.5 Å². The fraction of sp³-hybridized carbons (Fsp3) is 0.429. The summed E-state index contributed by atoms with van der Waals surface area (Å²) in [5, 5.41) is 7.51. The molecule has 0 bridgehead atoms. The zero-order valence-electron chi connectivity index (χ0n) is 11.5. The zero-order chi connectivity index (χ0) is 13.9. The molecule has 0 radical (unpaired) electrons. The van der Waals surface area contributed by atoms with Crippen molar-refractivity contribution in [1.29, 1.82) is 0 Å². The molecule has 1 aliphatic heterocycles. The molecule has 2 aromatic heterocycles. The van der Waals surface area contributed by atoms with Gasteiger partial charge in [-0.2, -0.15) is 9.49 Å². The number of nitrogens with zero attached hydrogens (tertiary/aromatic N) is 4. The molecule has 0 spiro atoms. The number of pyridine rings is 1. The lowest BCUT2D eigenvalue weighted by atomic mass is 10.1. The number of rotatable bonds is 3. The molecule has 2 aromatic rings. The van der Waals surface area contributed by atoms with Gasteiger partial charge in [0.25, 0.3) is 0 Å². The average Bonchev–Trinajstić information content (AvgIpc) is 2.86. The van der Waals surface area contributed by atoms with Crippen LogP contribution in [0.5, 0.6) is 0 Å². The van der Waals surface area contributed by atoms with Crippen LogP contribution >= 0.6 is 0 Å². The Balaban J connectivity index is 1.66. The van der Waals surface area contributed by atoms with Gasteiger partial charge in [-0.15, -0.1) is 0 Å². The molecule has 0 amide bonds. The topological polar surface area (TPSA) is 46.0 Å². The highest BCUT2D eigenvalue weighted by molar-refractivity contribution is 5.44. The molecule has 1 unspecified atom stereocenters. The Labute approximate surface area is 117 Å². The van der Waals surface area contributed by atoms with E-state index in [1.807, 2.05) is 19.4 Å². The van der Waals surface area contributed by atoms with Gasteiger partial charge < -0.3 is 10.2 Å². The van der Waals surface area contributed by atoms with Gasteiger partial charge in [0.1, 0.15) is 5.82 Å². The number of hydrogen-bond acceptors (Lipinski definition) is 4. The SMILES string of the molecule is Cn1cc(N2CCCC(Nc3cccc(F)n3)C2)cn1. The maximum Gasteiger partial charge on any atom is 0.214 e. The fourth-order valence-electron chi connectivity index (χ4n) is 2.60. The summed E-state index contributed by atoms with van der Waals surface area (Å²) in [4.78, 5) is 6.16. The molecule has 1 aliphatic rings. The van der Waals surface area contributed by atoms with E-state index < -0.39 is 5.95 Å². The summed E-state index contributed by atoms with van der Waals surface area (Å²) in [6.07, 6.45) is 6.06. The quantitative estimate of drug-likeness (QED) is 0.871. The molecule has 20 heavy (non-hydrogen) atoms. The number of piperidine rings is 1. The Morgan fingerprint density at radius 1 is 1.40 bits per heavy atom. The number of hydrogen-bond donors (Lipinski definition) is 1. The summed E-state index contributed by atoms with van der Waals surface area (Å²) in [5.74, 6) is 0.151. The first kappa shape index (κ1) is 12.9. The molecule has 0 saturated carbocycles. The Morgan fingerprint density at radius 2 is 2.30 bits per heavy atom. The molecule has 1 saturated heterocycles. The van der Waals surface area contributed by atoms with Gasteiger partial charge in [0.2, 0.25) is 5.95 Å². The first-order chi connectivity index (χ1) is 9.70. The maximum absolute atomic E-state index is 13.1. The van der Waals surface area contributed by atoms with Gasteiger partial charge in [0, 0.05) is 32.4 Å². The van der Waals surface area contributed by atoms with Gasteiger partial charge in [-0.1, -0.05) is 6.07 Å². The van der Waals surface area contributed by atoms with Crippen LogP contribution in [0, 0.1) is 5.95 Å². The van der Waals surface area contributed by atoms with E-state index in [9.17, 15) is 4.39 Å². The van der Waals surface area contributed by atoms with Crippen molar-refractivity contribution in [2.75, 3.05) is 23.3 Å². The van der Waals surface area contributed by atoms with Crippen LogP contribution in [0.3, 0.4) is 0 Å². The Bertz CT molecular complexity index is 582. The summed E-state index contributed by atoms with van der Waals surface area (Å²) in [7, 11) is 1.92. The lowest BCUT2D eigenvalue weighted by Crippen LogP contribution is -2.42. The summed E-state index contributed by atoms with van der Waals surface area (Å²) < 4.78 is 14.9. The van der Waals surface area contributed by atoms with Crippen molar-refractivity contribution in [3.8, 4) is 0 Å². The van der Waals surface area contributed by atoms with Crippen LogP contribution in [-0.4, -0.2) is 33.9 Å². The molecule has 0 aromatic carbocycles. The maximum atomic E-state index is 13.1. The van der Waals surface area contributed by atoms with Crippen LogP contribution in [0.1, 0.15) is 12.8 Å². The Morgan fingerprint density at radius 3 is 3.05 bits per heavy atom. The van der Waals surface area contributed by atoms with Crippen molar-refractivity contribution in [3.05, 3.63) is 36.5 Å². The highest BCUT2D eigenvalue weighted by Crippen LogP contribution is 2.20. The molecule has 1 N–H and O–H groups in total. The lowest BCUT2D eigenvalue weighted by Gasteiger charge is -2.34. The van der Waals surface area contributed by atoms with E-state index in [4.69, 9.17) is 0 Å². The molecule has 3 rings (SSSR count). The smallest absolute Gasteiger partial charge is 0.214 e. The van der Waals surface area contributed by atoms with E-state index in [0.717, 1.165) is 31.6 Å². The number of aryl methyl sites for hydroxylation is 1. The van der Waals surface area contributed by atoms with Gasteiger partial charge in [0.05, 0.1) is 11.9 Å². The number of halogens is 1. The molecule has 1 fully saturated rings. The monoisotopic (exact) mass is 275 g/mol. The van der Waals surface area contributed by atoms with Crippen molar-refractivity contribution in [3.63, 3.8) is 0 Å². The van der Waals surface area contributed by atoms with Crippen molar-refractivity contribution in [1.82, 2.24) is 14.8 Å². The predicted octanol–water partition coefficient (Wildman–Crippen LogP) is 2.04. The van der Waals surface area contributed by atoms with Gasteiger partial charge in [-0.05, 0) is 25.0 Å². The summed E-state index contributed by atoms with van der Waals surface area (Å²) >= 11 is 0. The van der Waals surface area contributed by atoms with Gasteiger partial charge in [-0.25, -0.2) is 4.98 Å². The number of nitrogens with one attached hydrogen (secondary N) is 1. The molecule has 3 heterocycles. The van der Waals surface area contributed by atoms with E-state index in [1.165, 1.54) is 6.07 Å². The summed E-state index contributed by atoms with van der Waals surface area (Å²) in [6.45, 7) is 1.91. The lowest BCUT2D eigenvalue weighted by molar-refractivity contribution is 0.526. The predicted molar refractivity (Wildman–Crippen MR) is 76.3 cm³/mol. The minimum atomic E-state index is -0.449. The average molecular weight is 275 g/mol. The largest absolute Gasteiger partial charge is 0.367 e. The van der Waals surface area contributed by atoms with Crippen LogP contribution in [0.4, 0.5) is 15.9 Å². The number of aromatic nitrogens is 3. The standard InChI is InChI=1S/C14H18FN5/c1-19-10-12(8-16-19)20-7-3-4-11(9-20)17-14-6-2-5-13(15)18-14/h2,5-6,8,10-11H,3-4,7,9H2,1H3,(H,17,18). The normalized spacial score (nSPS) is 19.1. The Kier molecular flexibility index (Phi) is 3.54. The third kappa shape index (κ3) is 2.89. The highest BCUT2D eigenvalue weighted by atomic mass is 19.1. The van der Waals surface area contributed by atoms with Crippen LogP contribution in [-0.2, 0) is 7.05 Å². The highest BCUT2D eigenvalue weighted by Gasteiger charge is 2.21. The first-order valence-corrected chi connectivity index (χ1v) is 6.83. The van der Waals surface area contributed by atoms with Crippen LogP contribution in [0.25, 0.3) is 0 Å². The molecular weight excluding hydrogens is 257 g/mol. The second-order valence-electron chi connectivity index (χ2n) is 5.15. The van der Waals surface area contributed by atoms with Crippen molar-refractivity contribution in [2.24, 2.45) is 7.05 Å². The summed E-state index contributed by atoms with van der Waals surface area (Å²) in [5.41, 5.74) is 1.13. The Hall–Kier alpha value is -2.11. The molecule has 106 valence electrons. The summed E-state index contributed by atoms with van der Waals surface area (Å²) in [6, 6.07) is 5.10. The third-order valence-electron chi connectivity index (χ3n) is 3.54. The minimum Gasteiger partial charge on any atom is -0.367 e. The van der Waals surface area contributed by atoms with E-state index in [-0.39, 0.29) is 6.04 Å². The molecule has 5 nitrogen and oxygen atoms in total. The second kappa shape index (κ2) is 5.48.